The number of aryl methyl sites for hydroxylation is 1. The first-order valence-electron chi connectivity index (χ1n) is 8.55. The minimum atomic E-state index is -0.652. The highest BCUT2D eigenvalue weighted by Crippen LogP contribution is 2.09. The van der Waals surface area contributed by atoms with Crippen LogP contribution in [0.5, 0.6) is 0 Å². The Balaban J connectivity index is 1.77. The number of halogens is 1. The fraction of sp³-hybridized carbons (Fsp3) is 0.190. The Bertz CT molecular complexity index is 878. The summed E-state index contributed by atoms with van der Waals surface area (Å²) in [7, 11) is 1.42. The SMILES string of the molecule is Cc1ccccc1/C=C/C(=O)OCC(=O)N(C)CC(=O)Nc1ccc(F)cc1. The second kappa shape index (κ2) is 10.0. The van der Waals surface area contributed by atoms with Gasteiger partial charge in [-0.2, -0.15) is 0 Å². The molecule has 0 saturated heterocycles. The van der Waals surface area contributed by atoms with Gasteiger partial charge in [-0.3, -0.25) is 9.59 Å². The van der Waals surface area contributed by atoms with E-state index >= 15 is 0 Å². The van der Waals surface area contributed by atoms with Gasteiger partial charge in [0.05, 0.1) is 6.54 Å². The molecule has 2 aromatic rings. The normalized spacial score (nSPS) is 10.5. The minimum Gasteiger partial charge on any atom is -0.452 e. The average Bonchev–Trinajstić information content (AvgIpc) is 2.67. The van der Waals surface area contributed by atoms with Crippen LogP contribution in [-0.2, 0) is 19.1 Å². The largest absolute Gasteiger partial charge is 0.452 e. The van der Waals surface area contributed by atoms with Crippen molar-refractivity contribution in [3.05, 3.63) is 71.6 Å². The molecule has 0 atom stereocenters. The number of esters is 1. The Labute approximate surface area is 162 Å². The summed E-state index contributed by atoms with van der Waals surface area (Å²) in [6.45, 7) is 1.21. The lowest BCUT2D eigenvalue weighted by Gasteiger charge is -2.16. The van der Waals surface area contributed by atoms with E-state index < -0.39 is 30.2 Å². The van der Waals surface area contributed by atoms with E-state index in [4.69, 9.17) is 4.74 Å². The van der Waals surface area contributed by atoms with E-state index in [1.54, 1.807) is 6.08 Å². The van der Waals surface area contributed by atoms with Gasteiger partial charge in [-0.25, -0.2) is 9.18 Å². The Morgan fingerprint density at radius 2 is 1.79 bits per heavy atom. The zero-order valence-electron chi connectivity index (χ0n) is 15.6. The molecule has 0 bridgehead atoms. The topological polar surface area (TPSA) is 75.7 Å². The van der Waals surface area contributed by atoms with Gasteiger partial charge >= 0.3 is 5.97 Å². The van der Waals surface area contributed by atoms with Crippen molar-refractivity contribution in [3.8, 4) is 0 Å². The van der Waals surface area contributed by atoms with E-state index in [0.29, 0.717) is 5.69 Å². The number of amides is 2. The summed E-state index contributed by atoms with van der Waals surface area (Å²) in [5.41, 5.74) is 2.30. The molecule has 28 heavy (non-hydrogen) atoms. The first-order chi connectivity index (χ1) is 13.3. The molecular formula is C21H21FN2O4. The number of nitrogens with zero attached hydrogens (tertiary/aromatic N) is 1. The van der Waals surface area contributed by atoms with Gasteiger partial charge in [0.15, 0.2) is 6.61 Å². The van der Waals surface area contributed by atoms with E-state index in [0.717, 1.165) is 16.0 Å². The van der Waals surface area contributed by atoms with Crippen molar-refractivity contribution in [1.82, 2.24) is 4.90 Å². The molecule has 0 heterocycles. The summed E-state index contributed by atoms with van der Waals surface area (Å²) < 4.78 is 17.8. The number of hydrogen-bond donors (Lipinski definition) is 1. The zero-order valence-corrected chi connectivity index (χ0v) is 15.6. The van der Waals surface area contributed by atoms with E-state index in [9.17, 15) is 18.8 Å². The van der Waals surface area contributed by atoms with Crippen LogP contribution >= 0.6 is 0 Å². The summed E-state index contributed by atoms with van der Waals surface area (Å²) in [5.74, 6) is -2.04. The Morgan fingerprint density at radius 1 is 1.11 bits per heavy atom. The number of hydrogen-bond acceptors (Lipinski definition) is 4. The third-order valence-corrected chi connectivity index (χ3v) is 3.86. The molecule has 7 heteroatoms. The van der Waals surface area contributed by atoms with Crippen LogP contribution < -0.4 is 5.32 Å². The monoisotopic (exact) mass is 384 g/mol. The van der Waals surface area contributed by atoms with Crippen LogP contribution in [0.1, 0.15) is 11.1 Å². The van der Waals surface area contributed by atoms with Crippen LogP contribution in [0.3, 0.4) is 0 Å². The lowest BCUT2D eigenvalue weighted by Crippen LogP contribution is -2.37. The number of rotatable bonds is 7. The van der Waals surface area contributed by atoms with Crippen molar-refractivity contribution < 1.29 is 23.5 Å². The van der Waals surface area contributed by atoms with Crippen molar-refractivity contribution in [3.63, 3.8) is 0 Å². The molecule has 2 aromatic carbocycles. The van der Waals surface area contributed by atoms with Gasteiger partial charge in [-0.05, 0) is 48.4 Å². The van der Waals surface area contributed by atoms with Gasteiger partial charge in [0.25, 0.3) is 5.91 Å². The smallest absolute Gasteiger partial charge is 0.331 e. The first-order valence-corrected chi connectivity index (χ1v) is 8.55. The molecule has 0 fully saturated rings. The Hall–Kier alpha value is -3.48. The van der Waals surface area contributed by atoms with E-state index in [2.05, 4.69) is 5.32 Å². The number of anilines is 1. The third-order valence-electron chi connectivity index (χ3n) is 3.86. The number of benzene rings is 2. The summed E-state index contributed by atoms with van der Waals surface area (Å²) in [6.07, 6.45) is 2.86. The minimum absolute atomic E-state index is 0.229. The number of likely N-dealkylation sites (N-methyl/N-ethyl adjacent to an activating group) is 1. The molecule has 0 saturated carbocycles. The number of nitrogens with one attached hydrogen (secondary N) is 1. The molecular weight excluding hydrogens is 363 g/mol. The van der Waals surface area contributed by atoms with Crippen molar-refractivity contribution >= 4 is 29.5 Å². The van der Waals surface area contributed by atoms with Crippen LogP contribution in [0.4, 0.5) is 10.1 Å². The zero-order chi connectivity index (χ0) is 20.5. The number of carbonyl (C=O) groups excluding carboxylic acids is 3. The fourth-order valence-corrected chi connectivity index (χ4v) is 2.26. The first kappa shape index (κ1) is 20.8. The van der Waals surface area contributed by atoms with Crippen LogP contribution in [0.25, 0.3) is 6.08 Å². The molecule has 0 aliphatic carbocycles. The number of carbonyl (C=O) groups is 3. The van der Waals surface area contributed by atoms with Gasteiger partial charge in [-0.1, -0.05) is 24.3 Å². The molecule has 0 aliphatic heterocycles. The van der Waals surface area contributed by atoms with E-state index in [1.807, 2.05) is 31.2 Å². The van der Waals surface area contributed by atoms with Gasteiger partial charge in [0.2, 0.25) is 5.91 Å². The molecule has 0 radical (unpaired) electrons. The lowest BCUT2D eigenvalue weighted by molar-refractivity contribution is -0.148. The van der Waals surface area contributed by atoms with Crippen molar-refractivity contribution in [2.75, 3.05) is 25.5 Å². The van der Waals surface area contributed by atoms with Crippen molar-refractivity contribution in [1.29, 1.82) is 0 Å². The molecule has 1 N–H and O–H groups in total. The third kappa shape index (κ3) is 6.68. The standard InChI is InChI=1S/C21H21FN2O4/c1-15-5-3-4-6-16(15)7-12-21(27)28-14-20(26)24(2)13-19(25)23-18-10-8-17(22)9-11-18/h3-12H,13-14H2,1-2H3,(H,23,25)/b12-7+. The molecule has 0 aromatic heterocycles. The van der Waals surface area contributed by atoms with Crippen LogP contribution in [0, 0.1) is 12.7 Å². The maximum atomic E-state index is 12.8. The van der Waals surface area contributed by atoms with Crippen molar-refractivity contribution in [2.45, 2.75) is 6.92 Å². The van der Waals surface area contributed by atoms with Gasteiger partial charge < -0.3 is 15.0 Å². The summed E-state index contributed by atoms with van der Waals surface area (Å²) in [4.78, 5) is 36.8. The van der Waals surface area contributed by atoms with Gasteiger partial charge in [0, 0.05) is 18.8 Å². The van der Waals surface area contributed by atoms with Crippen LogP contribution in [0.15, 0.2) is 54.6 Å². The summed E-state index contributed by atoms with van der Waals surface area (Å²) in [5, 5.41) is 2.55. The predicted molar refractivity (Wildman–Crippen MR) is 104 cm³/mol. The second-order valence-electron chi connectivity index (χ2n) is 6.10. The summed E-state index contributed by atoms with van der Waals surface area (Å²) >= 11 is 0. The molecule has 0 aliphatic rings. The van der Waals surface area contributed by atoms with Gasteiger partial charge in [0.1, 0.15) is 5.82 Å². The highest BCUT2D eigenvalue weighted by atomic mass is 19.1. The second-order valence-corrected chi connectivity index (χ2v) is 6.10. The highest BCUT2D eigenvalue weighted by Gasteiger charge is 2.14. The Kier molecular flexibility index (Phi) is 7.45. The van der Waals surface area contributed by atoms with Crippen LogP contribution in [0.2, 0.25) is 0 Å². The Morgan fingerprint density at radius 3 is 2.46 bits per heavy atom. The highest BCUT2D eigenvalue weighted by molar-refractivity contribution is 5.95. The maximum Gasteiger partial charge on any atom is 0.331 e. The van der Waals surface area contributed by atoms with E-state index in [-0.39, 0.29) is 6.54 Å². The fourth-order valence-electron chi connectivity index (χ4n) is 2.26. The molecule has 2 rings (SSSR count). The molecule has 2 amide bonds. The predicted octanol–water partition coefficient (Wildman–Crippen LogP) is 2.79. The van der Waals surface area contributed by atoms with Crippen LogP contribution in [-0.4, -0.2) is 42.9 Å². The molecule has 0 spiro atoms. The lowest BCUT2D eigenvalue weighted by atomic mass is 10.1. The van der Waals surface area contributed by atoms with Crippen molar-refractivity contribution in [2.24, 2.45) is 0 Å². The molecule has 146 valence electrons. The quantitative estimate of drug-likeness (QED) is 0.588. The van der Waals surface area contributed by atoms with E-state index in [1.165, 1.54) is 37.4 Å². The average molecular weight is 384 g/mol. The molecule has 6 nitrogen and oxygen atoms in total. The number of ether oxygens (including phenoxy) is 1. The molecule has 0 unspecified atom stereocenters. The maximum absolute atomic E-state index is 12.8. The summed E-state index contributed by atoms with van der Waals surface area (Å²) in [6, 6.07) is 12.8. The van der Waals surface area contributed by atoms with Gasteiger partial charge in [-0.15, -0.1) is 0 Å².